The number of hydroxylamine groups is 2. The molecule has 3 N–H and O–H groups in total. The van der Waals surface area contributed by atoms with Gasteiger partial charge in [0.2, 0.25) is 5.91 Å². The van der Waals surface area contributed by atoms with Crippen molar-refractivity contribution in [1.29, 1.82) is 0 Å². The molecule has 5 saturated carbocycles. The fourth-order valence-electron chi connectivity index (χ4n) is 11.0. The topological polar surface area (TPSA) is 97.7 Å². The molecule has 1 heterocycles. The number of carbonyl (C=O) groups is 1. The molecule has 7 unspecified atom stereocenters. The molecule has 6 fully saturated rings. The molecule has 0 aromatic rings. The maximum Gasteiger partial charge on any atom is 0.240 e. The van der Waals surface area contributed by atoms with Crippen LogP contribution in [0.2, 0.25) is 0 Å². The number of nitrogens with zero attached hydrogens (tertiary/aromatic N) is 3. The van der Waals surface area contributed by atoms with Gasteiger partial charge in [0.05, 0.1) is 18.8 Å². The van der Waals surface area contributed by atoms with Crippen molar-refractivity contribution >= 4 is 5.91 Å². The molecule has 260 valence electrons. The van der Waals surface area contributed by atoms with Gasteiger partial charge in [0, 0.05) is 44.1 Å². The van der Waals surface area contributed by atoms with Gasteiger partial charge in [-0.15, -0.1) is 0 Å². The summed E-state index contributed by atoms with van der Waals surface area (Å²) in [7, 11) is 10.7. The molecule has 14 atom stereocenters. The molecule has 2 bridgehead atoms. The Kier molecular flexibility index (Phi) is 11.3. The number of carbonyl (C=O) groups excluding carboxylic acids is 1. The summed E-state index contributed by atoms with van der Waals surface area (Å²) in [6, 6.07) is 0.0732. The average molecular weight is 635 g/mol. The Bertz CT molecular complexity index is 992. The summed E-state index contributed by atoms with van der Waals surface area (Å²) >= 11 is 0. The van der Waals surface area contributed by atoms with Crippen LogP contribution in [-0.2, 0) is 14.4 Å². The van der Waals surface area contributed by atoms with Gasteiger partial charge in [-0.3, -0.25) is 9.63 Å². The van der Waals surface area contributed by atoms with Gasteiger partial charge in [-0.25, -0.2) is 0 Å². The lowest BCUT2D eigenvalue weighted by Gasteiger charge is -2.62. The zero-order valence-electron chi connectivity index (χ0n) is 29.8. The van der Waals surface area contributed by atoms with Crippen LogP contribution in [0.1, 0.15) is 79.1 Å². The fraction of sp³-hybridized carbons (Fsp3) is 0.972. The molecule has 0 aromatic carbocycles. The van der Waals surface area contributed by atoms with Crippen LogP contribution in [0.5, 0.6) is 0 Å². The van der Waals surface area contributed by atoms with Crippen LogP contribution in [0.4, 0.5) is 0 Å². The molecule has 0 spiro atoms. The molecule has 0 radical (unpaired) electrons. The van der Waals surface area contributed by atoms with E-state index in [9.17, 15) is 15.0 Å². The molecule has 45 heavy (non-hydrogen) atoms. The normalized spacial score (nSPS) is 44.2. The van der Waals surface area contributed by atoms with Crippen LogP contribution in [0, 0.1) is 52.8 Å². The van der Waals surface area contributed by atoms with Gasteiger partial charge in [0.15, 0.2) is 0 Å². The van der Waals surface area contributed by atoms with Crippen molar-refractivity contribution in [3.63, 3.8) is 0 Å². The van der Waals surface area contributed by atoms with E-state index in [2.05, 4.69) is 64.1 Å². The molecular formula is C36H66N4O5. The van der Waals surface area contributed by atoms with Crippen molar-refractivity contribution in [2.45, 2.75) is 115 Å². The minimum absolute atomic E-state index is 0.0678. The Morgan fingerprint density at radius 2 is 1.84 bits per heavy atom. The molecule has 1 amide bonds. The number of nitrogens with one attached hydrogen (secondary N) is 1. The van der Waals surface area contributed by atoms with Crippen LogP contribution < -0.4 is 5.32 Å². The molecule has 6 aliphatic rings. The lowest BCUT2D eigenvalue weighted by atomic mass is 9.45. The standard InChI is InChI=1S/C36H66N4O5/c1-21-29-16-26(36(29,3)4)17-30(21)37-35(43)33-32(22(2)42)31(20-41)45-40(33)19-24-11-10-12-28(34(24)44-9)25-13-23(18-38(5)6)14-27(15-25)39(7)8/h21-34,41-42H,10-20H2,1-9H3,(H,37,43)/t21-,22-,23?,24?,25?,26+,27?,28?,29-,30-,31-,32+,33?,34?/m0/s1. The summed E-state index contributed by atoms with van der Waals surface area (Å²) in [4.78, 5) is 25.3. The van der Waals surface area contributed by atoms with E-state index < -0.39 is 24.2 Å². The first-order valence-corrected chi connectivity index (χ1v) is 18.1. The van der Waals surface area contributed by atoms with Crippen molar-refractivity contribution in [2.75, 3.05) is 55.0 Å². The minimum Gasteiger partial charge on any atom is -0.394 e. The summed E-state index contributed by atoms with van der Waals surface area (Å²) in [5.41, 5.74) is 0.345. The van der Waals surface area contributed by atoms with Crippen LogP contribution in [0.3, 0.4) is 0 Å². The maximum atomic E-state index is 14.2. The van der Waals surface area contributed by atoms with Gasteiger partial charge in [0.1, 0.15) is 12.1 Å². The maximum absolute atomic E-state index is 14.2. The quantitative estimate of drug-likeness (QED) is 0.318. The van der Waals surface area contributed by atoms with Gasteiger partial charge in [-0.05, 0) is 121 Å². The predicted molar refractivity (Wildman–Crippen MR) is 177 cm³/mol. The van der Waals surface area contributed by atoms with E-state index in [-0.39, 0.29) is 30.6 Å². The summed E-state index contributed by atoms with van der Waals surface area (Å²) < 4.78 is 6.38. The first kappa shape index (κ1) is 35.5. The Balaban J connectivity index is 1.32. The third-order valence-corrected chi connectivity index (χ3v) is 13.5. The lowest BCUT2D eigenvalue weighted by molar-refractivity contribution is -0.193. The highest BCUT2D eigenvalue weighted by molar-refractivity contribution is 5.82. The zero-order valence-corrected chi connectivity index (χ0v) is 29.8. The van der Waals surface area contributed by atoms with E-state index in [0.29, 0.717) is 53.5 Å². The average Bonchev–Trinajstić information content (AvgIpc) is 3.35. The number of amides is 1. The van der Waals surface area contributed by atoms with E-state index in [1.807, 2.05) is 12.2 Å². The Labute approximate surface area is 273 Å². The van der Waals surface area contributed by atoms with E-state index in [1.165, 1.54) is 32.1 Å². The molecular weight excluding hydrogens is 568 g/mol. The van der Waals surface area contributed by atoms with Crippen LogP contribution in [-0.4, -0.2) is 122 Å². The zero-order chi connectivity index (χ0) is 32.8. The monoisotopic (exact) mass is 635 g/mol. The first-order chi connectivity index (χ1) is 21.3. The second-order valence-corrected chi connectivity index (χ2v) is 17.0. The van der Waals surface area contributed by atoms with Gasteiger partial charge in [0.25, 0.3) is 0 Å². The fourth-order valence-corrected chi connectivity index (χ4v) is 11.0. The van der Waals surface area contributed by atoms with Crippen molar-refractivity contribution in [1.82, 2.24) is 20.2 Å². The van der Waals surface area contributed by atoms with Crippen molar-refractivity contribution in [3.8, 4) is 0 Å². The number of methoxy groups -OCH3 is 1. The Morgan fingerprint density at radius 3 is 2.42 bits per heavy atom. The van der Waals surface area contributed by atoms with Crippen LogP contribution >= 0.6 is 0 Å². The number of rotatable bonds is 11. The number of hydrogen-bond donors (Lipinski definition) is 3. The number of hydrogen-bond acceptors (Lipinski definition) is 8. The summed E-state index contributed by atoms with van der Waals surface area (Å²) in [6.07, 6.45) is 7.99. The smallest absolute Gasteiger partial charge is 0.240 e. The number of aliphatic hydroxyl groups is 2. The van der Waals surface area contributed by atoms with Gasteiger partial charge >= 0.3 is 0 Å². The second-order valence-electron chi connectivity index (χ2n) is 17.0. The van der Waals surface area contributed by atoms with Crippen LogP contribution in [0.15, 0.2) is 0 Å². The van der Waals surface area contributed by atoms with Crippen LogP contribution in [0.25, 0.3) is 0 Å². The van der Waals surface area contributed by atoms with Gasteiger partial charge < -0.3 is 30.1 Å². The third-order valence-electron chi connectivity index (χ3n) is 13.5. The number of ether oxygens (including phenoxy) is 1. The van der Waals surface area contributed by atoms with Gasteiger partial charge in [-0.1, -0.05) is 27.2 Å². The van der Waals surface area contributed by atoms with Gasteiger partial charge in [-0.2, -0.15) is 5.06 Å². The molecule has 1 saturated heterocycles. The highest BCUT2D eigenvalue weighted by Crippen LogP contribution is 2.61. The third kappa shape index (κ3) is 7.16. The number of aliphatic hydroxyl groups excluding tert-OH is 2. The van der Waals surface area contributed by atoms with E-state index in [4.69, 9.17) is 9.57 Å². The highest BCUT2D eigenvalue weighted by Gasteiger charge is 2.58. The second kappa shape index (κ2) is 14.4. The predicted octanol–water partition coefficient (Wildman–Crippen LogP) is 3.49. The highest BCUT2D eigenvalue weighted by atomic mass is 16.7. The number of fused-ring (bicyclic) bond motifs is 2. The van der Waals surface area contributed by atoms with Crippen molar-refractivity contribution in [3.05, 3.63) is 0 Å². The summed E-state index contributed by atoms with van der Waals surface area (Å²) in [6.45, 7) is 10.2. The lowest BCUT2D eigenvalue weighted by Crippen LogP contribution is -2.62. The first-order valence-electron chi connectivity index (χ1n) is 18.1. The summed E-state index contributed by atoms with van der Waals surface area (Å²) in [5.74, 6) is 3.08. The summed E-state index contributed by atoms with van der Waals surface area (Å²) in [5, 5.41) is 26.5. The SMILES string of the molecule is COC1C(CN2O[C@@H](CO)[C@@H]([C@H](C)O)C2C(=O)N[C@H]2C[C@H]3C[C@@H]([C@@H]2C)C3(C)C)CCCC1C1CC(CN(C)C)CC(N(C)C)C1. The molecule has 9 heteroatoms. The largest absolute Gasteiger partial charge is 0.394 e. The molecule has 1 aliphatic heterocycles. The molecule has 5 aliphatic carbocycles. The molecule has 9 nitrogen and oxygen atoms in total. The van der Waals surface area contributed by atoms with E-state index in [1.54, 1.807) is 6.92 Å². The molecule has 6 rings (SSSR count). The van der Waals surface area contributed by atoms with E-state index >= 15 is 0 Å². The van der Waals surface area contributed by atoms with Crippen molar-refractivity contribution < 1.29 is 24.6 Å². The molecule has 0 aromatic heterocycles. The van der Waals surface area contributed by atoms with Crippen molar-refractivity contribution in [2.24, 2.45) is 52.8 Å². The van der Waals surface area contributed by atoms with E-state index in [0.717, 1.165) is 25.8 Å². The Morgan fingerprint density at radius 1 is 1.11 bits per heavy atom. The minimum atomic E-state index is -0.782. The Hall–Kier alpha value is -0.810.